The summed E-state index contributed by atoms with van der Waals surface area (Å²) in [5.74, 6) is -1.47. The summed E-state index contributed by atoms with van der Waals surface area (Å²) in [5.41, 5.74) is -0.272. The van der Waals surface area contributed by atoms with Gasteiger partial charge in [-0.25, -0.2) is 0 Å². The SMILES string of the molecule is COC(=O)C1CCN(C(=O)c2nn(-c3ccc(Br)cc3)c(=O)cc2O)CC1. The van der Waals surface area contributed by atoms with Crippen LogP contribution in [-0.4, -0.2) is 51.9 Å². The molecule has 1 aliphatic rings. The molecular weight excluding hydrogens is 418 g/mol. The number of hydrogen-bond acceptors (Lipinski definition) is 6. The Kier molecular flexibility index (Phi) is 5.59. The Morgan fingerprint density at radius 3 is 2.44 bits per heavy atom. The molecule has 3 rings (SSSR count). The van der Waals surface area contributed by atoms with Crippen LogP contribution in [0.4, 0.5) is 0 Å². The first kappa shape index (κ1) is 19.1. The maximum Gasteiger partial charge on any atom is 0.308 e. The van der Waals surface area contributed by atoms with Crippen molar-refractivity contribution in [2.24, 2.45) is 5.92 Å². The lowest BCUT2D eigenvalue weighted by molar-refractivity contribution is -0.146. The Morgan fingerprint density at radius 1 is 1.22 bits per heavy atom. The van der Waals surface area contributed by atoms with Crippen LogP contribution in [0.15, 0.2) is 39.6 Å². The lowest BCUT2D eigenvalue weighted by Crippen LogP contribution is -2.41. The van der Waals surface area contributed by atoms with Gasteiger partial charge in [0.1, 0.15) is 0 Å². The van der Waals surface area contributed by atoms with Gasteiger partial charge in [0.2, 0.25) is 0 Å². The van der Waals surface area contributed by atoms with Crippen LogP contribution in [0.2, 0.25) is 0 Å². The second-order valence-corrected chi connectivity index (χ2v) is 7.11. The van der Waals surface area contributed by atoms with Gasteiger partial charge in [-0.1, -0.05) is 15.9 Å². The maximum absolute atomic E-state index is 12.8. The summed E-state index contributed by atoms with van der Waals surface area (Å²) in [4.78, 5) is 38.1. The molecule has 142 valence electrons. The molecule has 1 N–H and O–H groups in total. The van der Waals surface area contributed by atoms with E-state index >= 15 is 0 Å². The van der Waals surface area contributed by atoms with E-state index in [2.05, 4.69) is 21.0 Å². The van der Waals surface area contributed by atoms with Crippen molar-refractivity contribution in [2.75, 3.05) is 20.2 Å². The molecular formula is C18H18BrN3O5. The minimum Gasteiger partial charge on any atom is -0.505 e. The Labute approximate surface area is 163 Å². The summed E-state index contributed by atoms with van der Waals surface area (Å²) in [6.45, 7) is 0.689. The molecule has 8 nitrogen and oxygen atoms in total. The van der Waals surface area contributed by atoms with Crippen LogP contribution in [0.1, 0.15) is 23.3 Å². The summed E-state index contributed by atoms with van der Waals surface area (Å²) in [7, 11) is 1.34. The largest absolute Gasteiger partial charge is 0.505 e. The van der Waals surface area contributed by atoms with E-state index in [1.165, 1.54) is 12.0 Å². The molecule has 1 aliphatic heterocycles. The summed E-state index contributed by atoms with van der Waals surface area (Å²) in [5, 5.41) is 14.2. The number of aromatic hydroxyl groups is 1. The fourth-order valence-electron chi connectivity index (χ4n) is 3.00. The third-order valence-electron chi connectivity index (χ3n) is 4.50. The number of esters is 1. The van der Waals surface area contributed by atoms with E-state index < -0.39 is 17.2 Å². The van der Waals surface area contributed by atoms with Crippen molar-refractivity contribution in [2.45, 2.75) is 12.8 Å². The van der Waals surface area contributed by atoms with Crippen molar-refractivity contribution < 1.29 is 19.4 Å². The highest BCUT2D eigenvalue weighted by Gasteiger charge is 2.30. The lowest BCUT2D eigenvalue weighted by Gasteiger charge is -2.30. The number of benzene rings is 1. The van der Waals surface area contributed by atoms with E-state index in [1.807, 2.05) is 0 Å². The molecule has 0 saturated carbocycles. The van der Waals surface area contributed by atoms with E-state index in [0.29, 0.717) is 31.6 Å². The zero-order chi connectivity index (χ0) is 19.6. The first-order valence-corrected chi connectivity index (χ1v) is 9.16. The molecule has 0 spiro atoms. The highest BCUT2D eigenvalue weighted by Crippen LogP contribution is 2.22. The summed E-state index contributed by atoms with van der Waals surface area (Å²) >= 11 is 3.32. The summed E-state index contributed by atoms with van der Waals surface area (Å²) in [6.07, 6.45) is 0.955. The topological polar surface area (TPSA) is 102 Å². The van der Waals surface area contributed by atoms with Crippen LogP contribution in [0.25, 0.3) is 5.69 Å². The van der Waals surface area contributed by atoms with Gasteiger partial charge in [0.25, 0.3) is 11.5 Å². The van der Waals surface area contributed by atoms with Gasteiger partial charge in [-0.05, 0) is 37.1 Å². The van der Waals surface area contributed by atoms with Crippen molar-refractivity contribution in [3.63, 3.8) is 0 Å². The number of piperidine rings is 1. The van der Waals surface area contributed by atoms with E-state index in [4.69, 9.17) is 4.74 Å². The number of halogens is 1. The quantitative estimate of drug-likeness (QED) is 0.736. The summed E-state index contributed by atoms with van der Waals surface area (Å²) in [6, 6.07) is 7.81. The molecule has 2 aromatic rings. The second-order valence-electron chi connectivity index (χ2n) is 6.19. The molecule has 27 heavy (non-hydrogen) atoms. The molecule has 2 heterocycles. The Bertz CT molecular complexity index is 918. The fraction of sp³-hybridized carbons (Fsp3) is 0.333. The normalized spacial score (nSPS) is 14.8. The maximum atomic E-state index is 12.8. The van der Waals surface area contributed by atoms with Gasteiger partial charge in [-0.15, -0.1) is 0 Å². The standard InChI is InChI=1S/C18H18BrN3O5/c1-27-18(26)11-6-8-21(9-7-11)17(25)16-14(23)10-15(24)22(20-16)13-4-2-12(19)3-5-13/h2-5,10-11,23H,6-9H2,1H3. The lowest BCUT2D eigenvalue weighted by atomic mass is 9.97. The predicted molar refractivity (Wildman–Crippen MR) is 99.8 cm³/mol. The van der Waals surface area contributed by atoms with Crippen molar-refractivity contribution in [1.82, 2.24) is 14.7 Å². The third-order valence-corrected chi connectivity index (χ3v) is 5.03. The monoisotopic (exact) mass is 435 g/mol. The zero-order valence-corrected chi connectivity index (χ0v) is 16.2. The van der Waals surface area contributed by atoms with Gasteiger partial charge in [0.15, 0.2) is 11.4 Å². The third kappa shape index (κ3) is 4.02. The highest BCUT2D eigenvalue weighted by atomic mass is 79.9. The van der Waals surface area contributed by atoms with Crippen LogP contribution >= 0.6 is 15.9 Å². The number of likely N-dealkylation sites (tertiary alicyclic amines) is 1. The Hall–Kier alpha value is -2.68. The number of hydrogen-bond donors (Lipinski definition) is 1. The van der Waals surface area contributed by atoms with E-state index in [-0.39, 0.29) is 17.6 Å². The van der Waals surface area contributed by atoms with Crippen LogP contribution in [-0.2, 0) is 9.53 Å². The van der Waals surface area contributed by atoms with E-state index in [9.17, 15) is 19.5 Å². The molecule has 9 heteroatoms. The molecule has 0 unspecified atom stereocenters. The molecule has 1 amide bonds. The molecule has 0 atom stereocenters. The second kappa shape index (κ2) is 7.91. The predicted octanol–water partition coefficient (Wildman–Crippen LogP) is 1.73. The minimum absolute atomic E-state index is 0.200. The number of amides is 1. The molecule has 1 fully saturated rings. The average Bonchev–Trinajstić information content (AvgIpc) is 2.68. The Morgan fingerprint density at radius 2 is 1.85 bits per heavy atom. The number of ether oxygens (including phenoxy) is 1. The molecule has 1 aromatic carbocycles. The van der Waals surface area contributed by atoms with Crippen LogP contribution in [0.3, 0.4) is 0 Å². The number of carbonyl (C=O) groups excluding carboxylic acids is 2. The average molecular weight is 436 g/mol. The van der Waals surface area contributed by atoms with Crippen molar-refractivity contribution in [3.05, 3.63) is 50.9 Å². The number of methoxy groups -OCH3 is 1. The van der Waals surface area contributed by atoms with Crippen LogP contribution < -0.4 is 5.56 Å². The Balaban J connectivity index is 1.85. The van der Waals surface area contributed by atoms with Crippen LogP contribution in [0.5, 0.6) is 5.75 Å². The van der Waals surface area contributed by atoms with Gasteiger partial charge >= 0.3 is 5.97 Å². The molecule has 0 aliphatic carbocycles. The minimum atomic E-state index is -0.546. The number of rotatable bonds is 3. The zero-order valence-electron chi connectivity index (χ0n) is 14.6. The van der Waals surface area contributed by atoms with Gasteiger partial charge in [0.05, 0.1) is 18.7 Å². The van der Waals surface area contributed by atoms with E-state index in [1.54, 1.807) is 24.3 Å². The summed E-state index contributed by atoms with van der Waals surface area (Å²) < 4.78 is 6.65. The van der Waals surface area contributed by atoms with Gasteiger partial charge < -0.3 is 14.7 Å². The molecule has 1 saturated heterocycles. The number of nitrogens with zero attached hydrogens (tertiary/aromatic N) is 3. The number of carbonyl (C=O) groups is 2. The molecule has 1 aromatic heterocycles. The van der Waals surface area contributed by atoms with Gasteiger partial charge in [0, 0.05) is 23.6 Å². The van der Waals surface area contributed by atoms with Crippen molar-refractivity contribution >= 4 is 27.8 Å². The molecule has 0 radical (unpaired) electrons. The molecule has 0 bridgehead atoms. The smallest absolute Gasteiger partial charge is 0.308 e. The fourth-order valence-corrected chi connectivity index (χ4v) is 3.27. The number of aromatic nitrogens is 2. The van der Waals surface area contributed by atoms with Gasteiger partial charge in [-0.3, -0.25) is 14.4 Å². The van der Waals surface area contributed by atoms with Gasteiger partial charge in [-0.2, -0.15) is 9.78 Å². The first-order valence-electron chi connectivity index (χ1n) is 8.37. The van der Waals surface area contributed by atoms with Crippen molar-refractivity contribution in [1.29, 1.82) is 0 Å². The van der Waals surface area contributed by atoms with E-state index in [0.717, 1.165) is 15.2 Å². The van der Waals surface area contributed by atoms with Crippen molar-refractivity contribution in [3.8, 4) is 11.4 Å². The van der Waals surface area contributed by atoms with Crippen LogP contribution in [0, 0.1) is 5.92 Å². The highest BCUT2D eigenvalue weighted by molar-refractivity contribution is 9.10. The first-order chi connectivity index (χ1) is 12.9.